The van der Waals surface area contributed by atoms with Crippen LogP contribution in [-0.2, 0) is 0 Å². The van der Waals surface area contributed by atoms with Gasteiger partial charge >= 0.3 is 5.97 Å². The minimum absolute atomic E-state index is 0.0655. The van der Waals surface area contributed by atoms with Crippen molar-refractivity contribution in [3.63, 3.8) is 0 Å². The van der Waals surface area contributed by atoms with Gasteiger partial charge in [-0.2, -0.15) is 0 Å². The van der Waals surface area contributed by atoms with Gasteiger partial charge in [0.05, 0.1) is 10.6 Å². The molecular weight excluding hydrogens is 288 g/mol. The SMILES string of the molecule is O=C(O)c1ccc2cccc(-c3c(O)cccc3Cl)c2c1. The van der Waals surface area contributed by atoms with Gasteiger partial charge in [0, 0.05) is 5.56 Å². The van der Waals surface area contributed by atoms with Crippen molar-refractivity contribution in [2.45, 2.75) is 0 Å². The lowest BCUT2D eigenvalue weighted by molar-refractivity contribution is 0.0697. The highest BCUT2D eigenvalue weighted by atomic mass is 35.5. The molecule has 3 nitrogen and oxygen atoms in total. The zero-order valence-corrected chi connectivity index (χ0v) is 11.6. The van der Waals surface area contributed by atoms with Gasteiger partial charge < -0.3 is 10.2 Å². The summed E-state index contributed by atoms with van der Waals surface area (Å²) in [6.07, 6.45) is 0. The van der Waals surface area contributed by atoms with Crippen molar-refractivity contribution in [1.82, 2.24) is 0 Å². The highest BCUT2D eigenvalue weighted by Crippen LogP contribution is 2.39. The van der Waals surface area contributed by atoms with Crippen molar-refractivity contribution < 1.29 is 15.0 Å². The number of benzene rings is 3. The molecule has 0 aromatic heterocycles. The van der Waals surface area contributed by atoms with Crippen LogP contribution in [-0.4, -0.2) is 16.2 Å². The number of rotatable bonds is 2. The molecule has 3 aromatic carbocycles. The molecule has 0 spiro atoms. The molecule has 2 N–H and O–H groups in total. The number of carbonyl (C=O) groups is 1. The predicted molar refractivity (Wildman–Crippen MR) is 83.0 cm³/mol. The van der Waals surface area contributed by atoms with Crippen LogP contribution in [0.2, 0.25) is 5.02 Å². The first kappa shape index (κ1) is 13.5. The number of phenolic OH excluding ortho intramolecular Hbond substituents is 1. The quantitative estimate of drug-likeness (QED) is 0.729. The molecule has 0 saturated carbocycles. The fourth-order valence-electron chi connectivity index (χ4n) is 2.40. The van der Waals surface area contributed by atoms with Gasteiger partial charge in [0.25, 0.3) is 0 Å². The number of hydrogen-bond donors (Lipinski definition) is 2. The predicted octanol–water partition coefficient (Wildman–Crippen LogP) is 4.56. The summed E-state index contributed by atoms with van der Waals surface area (Å²) in [4.78, 5) is 11.2. The first-order valence-corrected chi connectivity index (χ1v) is 6.69. The topological polar surface area (TPSA) is 57.5 Å². The number of fused-ring (bicyclic) bond motifs is 1. The van der Waals surface area contributed by atoms with E-state index in [1.54, 1.807) is 36.4 Å². The summed E-state index contributed by atoms with van der Waals surface area (Å²) in [6.45, 7) is 0. The number of halogens is 1. The third-order valence-electron chi connectivity index (χ3n) is 3.39. The molecule has 104 valence electrons. The van der Waals surface area contributed by atoms with Crippen LogP contribution in [0.5, 0.6) is 5.75 Å². The second-order valence-corrected chi connectivity index (χ2v) is 5.09. The lowest BCUT2D eigenvalue weighted by atomic mass is 9.96. The molecule has 0 heterocycles. The molecule has 0 radical (unpaired) electrons. The Labute approximate surface area is 126 Å². The Morgan fingerprint density at radius 3 is 2.48 bits per heavy atom. The van der Waals surface area contributed by atoms with E-state index in [1.165, 1.54) is 0 Å². The van der Waals surface area contributed by atoms with Gasteiger partial charge in [-0.1, -0.05) is 41.9 Å². The smallest absolute Gasteiger partial charge is 0.335 e. The summed E-state index contributed by atoms with van der Waals surface area (Å²) in [5, 5.41) is 21.3. The average Bonchev–Trinajstić information content (AvgIpc) is 2.46. The van der Waals surface area contributed by atoms with Crippen LogP contribution in [0.15, 0.2) is 54.6 Å². The molecule has 0 unspecified atom stereocenters. The minimum Gasteiger partial charge on any atom is -0.507 e. The van der Waals surface area contributed by atoms with Gasteiger partial charge in [-0.15, -0.1) is 0 Å². The van der Waals surface area contributed by atoms with Gasteiger partial charge in [-0.3, -0.25) is 0 Å². The van der Waals surface area contributed by atoms with Crippen LogP contribution in [0.1, 0.15) is 10.4 Å². The third-order valence-corrected chi connectivity index (χ3v) is 3.71. The normalized spacial score (nSPS) is 10.7. The van der Waals surface area contributed by atoms with Crippen LogP contribution < -0.4 is 0 Å². The maximum atomic E-state index is 11.2. The standard InChI is InChI=1S/C17H11ClO3/c18-14-5-2-6-15(19)16(14)12-4-1-3-10-7-8-11(17(20)21)9-13(10)12/h1-9,19H,(H,20,21). The van der Waals surface area contributed by atoms with Crippen molar-refractivity contribution >= 4 is 28.3 Å². The molecule has 0 aliphatic carbocycles. The lowest BCUT2D eigenvalue weighted by Gasteiger charge is -2.11. The number of phenols is 1. The number of hydrogen-bond acceptors (Lipinski definition) is 2. The van der Waals surface area contributed by atoms with E-state index < -0.39 is 5.97 Å². The van der Waals surface area contributed by atoms with E-state index in [0.29, 0.717) is 16.1 Å². The zero-order valence-electron chi connectivity index (χ0n) is 10.9. The summed E-state index contributed by atoms with van der Waals surface area (Å²) < 4.78 is 0. The molecular formula is C17H11ClO3. The summed E-state index contributed by atoms with van der Waals surface area (Å²) >= 11 is 6.19. The Morgan fingerprint density at radius 2 is 1.76 bits per heavy atom. The van der Waals surface area contributed by atoms with E-state index in [2.05, 4.69) is 0 Å². The summed E-state index contributed by atoms with van der Waals surface area (Å²) in [5.41, 5.74) is 1.41. The Balaban J connectivity index is 2.37. The molecule has 3 rings (SSSR count). The number of carboxylic acid groups (broad SMARTS) is 1. The summed E-state index contributed by atoms with van der Waals surface area (Å²) in [6, 6.07) is 15.4. The molecule has 3 aromatic rings. The van der Waals surface area contributed by atoms with Gasteiger partial charge in [-0.05, 0) is 40.6 Å². The summed E-state index contributed by atoms with van der Waals surface area (Å²) in [5.74, 6) is -0.925. The first-order valence-electron chi connectivity index (χ1n) is 6.32. The Hall–Kier alpha value is -2.52. The monoisotopic (exact) mass is 298 g/mol. The Kier molecular flexibility index (Phi) is 3.28. The lowest BCUT2D eigenvalue weighted by Crippen LogP contribution is -1.95. The van der Waals surface area contributed by atoms with Gasteiger partial charge in [-0.25, -0.2) is 4.79 Å². The molecule has 0 amide bonds. The minimum atomic E-state index is -0.991. The second-order valence-electron chi connectivity index (χ2n) is 4.68. The maximum absolute atomic E-state index is 11.2. The highest BCUT2D eigenvalue weighted by Gasteiger charge is 2.13. The third kappa shape index (κ3) is 2.32. The first-order chi connectivity index (χ1) is 10.1. The van der Waals surface area contributed by atoms with Crippen LogP contribution >= 0.6 is 11.6 Å². The van der Waals surface area contributed by atoms with Crippen LogP contribution in [0.25, 0.3) is 21.9 Å². The maximum Gasteiger partial charge on any atom is 0.335 e. The zero-order chi connectivity index (χ0) is 15.0. The van der Waals surface area contributed by atoms with Gasteiger partial charge in [0.15, 0.2) is 0 Å². The molecule has 21 heavy (non-hydrogen) atoms. The molecule has 0 saturated heterocycles. The highest BCUT2D eigenvalue weighted by molar-refractivity contribution is 6.34. The van der Waals surface area contributed by atoms with E-state index in [1.807, 2.05) is 18.2 Å². The molecule has 0 aliphatic rings. The van der Waals surface area contributed by atoms with Crippen molar-refractivity contribution in [1.29, 1.82) is 0 Å². The van der Waals surface area contributed by atoms with Crippen molar-refractivity contribution in [2.75, 3.05) is 0 Å². The molecule has 0 fully saturated rings. The largest absolute Gasteiger partial charge is 0.507 e. The van der Waals surface area contributed by atoms with E-state index in [-0.39, 0.29) is 11.3 Å². The van der Waals surface area contributed by atoms with E-state index >= 15 is 0 Å². The van der Waals surface area contributed by atoms with Gasteiger partial charge in [0.1, 0.15) is 5.75 Å². The fraction of sp³-hybridized carbons (Fsp3) is 0. The van der Waals surface area contributed by atoms with Crippen molar-refractivity contribution in [3.05, 3.63) is 65.2 Å². The van der Waals surface area contributed by atoms with Gasteiger partial charge in [0.2, 0.25) is 0 Å². The van der Waals surface area contributed by atoms with Crippen molar-refractivity contribution in [3.8, 4) is 16.9 Å². The second kappa shape index (κ2) is 5.11. The molecule has 0 bridgehead atoms. The van der Waals surface area contributed by atoms with E-state index in [4.69, 9.17) is 16.7 Å². The number of aromatic carboxylic acids is 1. The van der Waals surface area contributed by atoms with Crippen LogP contribution in [0.4, 0.5) is 0 Å². The molecule has 0 aliphatic heterocycles. The van der Waals surface area contributed by atoms with Crippen LogP contribution in [0, 0.1) is 0 Å². The summed E-state index contributed by atoms with van der Waals surface area (Å²) in [7, 11) is 0. The Morgan fingerprint density at radius 1 is 1.00 bits per heavy atom. The number of aromatic hydroxyl groups is 1. The van der Waals surface area contributed by atoms with Crippen LogP contribution in [0.3, 0.4) is 0 Å². The van der Waals surface area contributed by atoms with Crippen molar-refractivity contribution in [2.24, 2.45) is 0 Å². The average molecular weight is 299 g/mol. The fourth-order valence-corrected chi connectivity index (χ4v) is 2.67. The molecule has 4 heteroatoms. The number of carboxylic acids is 1. The molecule has 0 atom stereocenters. The van der Waals surface area contributed by atoms with E-state index in [9.17, 15) is 9.90 Å². The Bertz CT molecular complexity index is 836. The van der Waals surface area contributed by atoms with E-state index in [0.717, 1.165) is 10.8 Å².